The second-order valence-corrected chi connectivity index (χ2v) is 3.04. The Kier molecular flexibility index (Phi) is 5.34. The van der Waals surface area contributed by atoms with Crippen LogP contribution in [0.25, 0.3) is 0 Å². The Bertz CT molecular complexity index is 8.00. The number of hydrogen-bond acceptors (Lipinski definition) is 0. The van der Waals surface area contributed by atoms with E-state index in [-0.39, 0.29) is 0 Å². The molecule has 4 heavy (non-hydrogen) atoms. The van der Waals surface area contributed by atoms with Crippen molar-refractivity contribution in [3.8, 4) is 0 Å². The average Bonchev–Trinajstić information content (AvgIpc) is 1.37. The fraction of sp³-hybridized carbons (Fsp3) is 1.00. The van der Waals surface area contributed by atoms with Crippen LogP contribution in [-0.4, -0.2) is 5.62 Å². The second-order valence-electron chi connectivity index (χ2n) is 0.338. The van der Waals surface area contributed by atoms with E-state index in [0.717, 1.165) is 13.9 Å². The van der Waals surface area contributed by atoms with Gasteiger partial charge in [-0.05, 0) is 0 Å². The largest absolute Gasteiger partial charge is 0.122 e. The van der Waals surface area contributed by atoms with Crippen molar-refractivity contribution >= 4 is 28.8 Å². The van der Waals surface area contributed by atoms with Crippen molar-refractivity contribution in [1.82, 2.24) is 0 Å². The lowest BCUT2D eigenvalue weighted by molar-refractivity contribution is 2.25. The lowest BCUT2D eigenvalue weighted by atomic mass is 11.9. The molecule has 3 heteroatoms. The fourth-order valence-electron chi connectivity index (χ4n) is 0. The van der Waals surface area contributed by atoms with E-state index >= 15 is 0 Å². The zero-order valence-corrected chi connectivity index (χ0v) is 5.07. The van der Waals surface area contributed by atoms with E-state index in [2.05, 4.69) is 8.93 Å². The van der Waals surface area contributed by atoms with Crippen molar-refractivity contribution in [2.75, 3.05) is 5.62 Å². The molecule has 2 unspecified atom stereocenters. The van der Waals surface area contributed by atoms with Gasteiger partial charge in [0.1, 0.15) is 0 Å². The summed E-state index contributed by atoms with van der Waals surface area (Å²) >= 11 is 5.18. The summed E-state index contributed by atoms with van der Waals surface area (Å²) in [6.45, 7) is 0. The maximum Gasteiger partial charge on any atom is 0.0430 e. The number of rotatable bonds is 1. The summed E-state index contributed by atoms with van der Waals surface area (Å²) in [4.78, 5) is 0. The second kappa shape index (κ2) is 4.15. The van der Waals surface area contributed by atoms with Crippen LogP contribution < -0.4 is 0 Å². The summed E-state index contributed by atoms with van der Waals surface area (Å²) in [5.41, 5.74) is 0.782. The van der Waals surface area contributed by atoms with Crippen LogP contribution in [0.15, 0.2) is 0 Å². The molecule has 0 aromatic heterocycles. The van der Waals surface area contributed by atoms with Crippen molar-refractivity contribution in [2.24, 2.45) is 0 Å². The molecule has 26 valence electrons. The van der Waals surface area contributed by atoms with Gasteiger partial charge < -0.3 is 0 Å². The quantitative estimate of drug-likeness (QED) is 0.359. The van der Waals surface area contributed by atoms with Gasteiger partial charge in [0.05, 0.1) is 0 Å². The maximum atomic E-state index is 5.18. The summed E-state index contributed by atoms with van der Waals surface area (Å²) in [6, 6.07) is 0. The molecule has 0 N–H and O–H groups in total. The third-order valence-corrected chi connectivity index (χ3v) is 2.08. The van der Waals surface area contributed by atoms with E-state index in [4.69, 9.17) is 11.6 Å². The van der Waals surface area contributed by atoms with Crippen molar-refractivity contribution in [3.05, 3.63) is 0 Å². The fourth-order valence-corrected chi connectivity index (χ4v) is 0. The molecule has 0 saturated heterocycles. The van der Waals surface area contributed by atoms with E-state index in [1.165, 1.54) is 0 Å². The minimum Gasteiger partial charge on any atom is -0.122 e. The molecule has 0 saturated carbocycles. The maximum absolute atomic E-state index is 5.18. The topological polar surface area (TPSA) is 0 Å². The molecular weight excluding hydrogens is 109 g/mol. The summed E-state index contributed by atoms with van der Waals surface area (Å²) in [5, 5.41) is 0. The van der Waals surface area contributed by atoms with Crippen molar-refractivity contribution in [2.45, 2.75) is 0 Å². The molecule has 0 aromatic carbocycles. The molecule has 0 amide bonds. The Morgan fingerprint density at radius 2 is 2.25 bits per heavy atom. The van der Waals surface area contributed by atoms with E-state index in [1.54, 1.807) is 0 Å². The van der Waals surface area contributed by atoms with Gasteiger partial charge in [0.25, 0.3) is 0 Å². The highest BCUT2D eigenvalue weighted by Crippen LogP contribution is 2.19. The SMILES string of the molecule is PPCCl. The molecule has 0 aliphatic carbocycles. The molecule has 0 radical (unpaired) electrons. The van der Waals surface area contributed by atoms with Gasteiger partial charge in [0.2, 0.25) is 0 Å². The van der Waals surface area contributed by atoms with E-state index < -0.39 is 0 Å². The van der Waals surface area contributed by atoms with Gasteiger partial charge in [-0.15, -0.1) is 20.5 Å². The van der Waals surface area contributed by atoms with Gasteiger partial charge in [-0.3, -0.25) is 0 Å². The van der Waals surface area contributed by atoms with Gasteiger partial charge >= 0.3 is 0 Å². The predicted octanol–water partition coefficient (Wildman–Crippen LogP) is 1.65. The summed E-state index contributed by atoms with van der Waals surface area (Å²) < 4.78 is 0. The third kappa shape index (κ3) is 3.15. The first-order chi connectivity index (χ1) is 1.91. The van der Waals surface area contributed by atoms with Crippen LogP contribution in [0, 0.1) is 0 Å². The Labute approximate surface area is 35.2 Å². The van der Waals surface area contributed by atoms with Gasteiger partial charge in [-0.1, -0.05) is 8.27 Å². The van der Waals surface area contributed by atoms with Crippen LogP contribution in [0.3, 0.4) is 0 Å². The van der Waals surface area contributed by atoms with Gasteiger partial charge in [0, 0.05) is 5.62 Å². The molecular formula is CH5ClP2. The van der Waals surface area contributed by atoms with Gasteiger partial charge in [-0.2, -0.15) is 0 Å². The standard InChI is InChI=1S/CH5ClP2/c2-1-4-3/h4H,1,3H2. The lowest BCUT2D eigenvalue weighted by Crippen LogP contribution is -1.30. The van der Waals surface area contributed by atoms with Crippen LogP contribution in [0.2, 0.25) is 0 Å². The first-order valence-corrected chi connectivity index (χ1v) is 4.46. The number of hydrogen-bond donors (Lipinski definition) is 0. The molecule has 0 fully saturated rings. The highest BCUT2D eigenvalue weighted by molar-refractivity contribution is 8.03. The zero-order valence-electron chi connectivity index (χ0n) is 2.16. The first-order valence-electron chi connectivity index (χ1n) is 0.909. The van der Waals surface area contributed by atoms with Crippen LogP contribution >= 0.6 is 28.8 Å². The summed E-state index contributed by atoms with van der Waals surface area (Å²) in [7, 11) is 3.37. The molecule has 0 heterocycles. The minimum atomic E-state index is 0.782. The molecule has 0 nitrogen and oxygen atoms in total. The monoisotopic (exact) mass is 114 g/mol. The summed E-state index contributed by atoms with van der Waals surface area (Å²) in [6.07, 6.45) is 0. The number of alkyl halides is 1. The predicted molar refractivity (Wildman–Crippen MR) is 28.7 cm³/mol. The average molecular weight is 114 g/mol. The molecule has 0 aliphatic rings. The number of halogens is 1. The Morgan fingerprint density at radius 1 is 2.00 bits per heavy atom. The van der Waals surface area contributed by atoms with Gasteiger partial charge in [0.15, 0.2) is 0 Å². The summed E-state index contributed by atoms with van der Waals surface area (Å²) in [5.74, 6) is 0. The molecule has 2 atom stereocenters. The smallest absolute Gasteiger partial charge is 0.0430 e. The molecule has 0 bridgehead atoms. The molecule has 0 spiro atoms. The molecule has 0 rings (SSSR count). The van der Waals surface area contributed by atoms with Gasteiger partial charge in [-0.25, -0.2) is 0 Å². The van der Waals surface area contributed by atoms with Crippen LogP contribution in [-0.2, 0) is 0 Å². The van der Waals surface area contributed by atoms with E-state index in [9.17, 15) is 0 Å². The Balaban J connectivity index is 1.97. The highest BCUT2D eigenvalue weighted by Gasteiger charge is 1.57. The normalized spacial score (nSPS) is 10.5. The van der Waals surface area contributed by atoms with Crippen molar-refractivity contribution in [1.29, 1.82) is 0 Å². The first kappa shape index (κ1) is 5.15. The van der Waals surface area contributed by atoms with Crippen molar-refractivity contribution < 1.29 is 0 Å². The highest BCUT2D eigenvalue weighted by atomic mass is 35.5. The zero-order chi connectivity index (χ0) is 3.41. The Hall–Kier alpha value is 1.15. The van der Waals surface area contributed by atoms with Crippen LogP contribution in [0.4, 0.5) is 0 Å². The molecule has 0 aromatic rings. The van der Waals surface area contributed by atoms with E-state index in [1.807, 2.05) is 0 Å². The van der Waals surface area contributed by atoms with Crippen molar-refractivity contribution in [3.63, 3.8) is 0 Å². The Morgan fingerprint density at radius 3 is 2.25 bits per heavy atom. The third-order valence-electron chi connectivity index (χ3n) is 0.0772. The lowest BCUT2D eigenvalue weighted by Gasteiger charge is -1.67. The molecule has 0 aliphatic heterocycles. The van der Waals surface area contributed by atoms with Crippen LogP contribution in [0.5, 0.6) is 0 Å². The minimum absolute atomic E-state index is 0.782. The van der Waals surface area contributed by atoms with E-state index in [0.29, 0.717) is 0 Å². The van der Waals surface area contributed by atoms with Crippen LogP contribution in [0.1, 0.15) is 0 Å².